The van der Waals surface area contributed by atoms with Gasteiger partial charge in [-0.15, -0.1) is 10.2 Å². The minimum atomic E-state index is -0.161. The molecule has 0 aliphatic carbocycles. The molecule has 3 rings (SSSR count). The number of rotatable bonds is 11. The minimum absolute atomic E-state index is 0.135. The van der Waals surface area contributed by atoms with Crippen molar-refractivity contribution in [2.24, 2.45) is 5.10 Å². The number of nitrogens with zero attached hydrogens (tertiary/aromatic N) is 4. The highest BCUT2D eigenvalue weighted by Gasteiger charge is 2.13. The van der Waals surface area contributed by atoms with Gasteiger partial charge in [-0.2, -0.15) is 5.10 Å². The molecule has 3 aromatic rings. The average molecular weight is 498 g/mol. The Hall–Kier alpha value is -3.73. The fraction of sp³-hybridized carbons (Fsp3) is 0.333. The molecule has 4 N–H and O–H groups in total. The number of nitrogens with two attached hydrogens (primary N) is 1. The molecule has 2 aromatic carbocycles. The Morgan fingerprint density at radius 2 is 1.86 bits per heavy atom. The van der Waals surface area contributed by atoms with Crippen molar-refractivity contribution >= 4 is 35.0 Å². The normalized spacial score (nSPS) is 12.2. The van der Waals surface area contributed by atoms with E-state index in [1.807, 2.05) is 43.3 Å². The number of nitrogen functional groups attached to an aromatic ring is 1. The van der Waals surface area contributed by atoms with E-state index < -0.39 is 0 Å². The third-order valence-corrected chi connectivity index (χ3v) is 6.44. The maximum absolute atomic E-state index is 12.4. The summed E-state index contributed by atoms with van der Waals surface area (Å²) >= 11 is 1.18. The number of carbonyl (C=O) groups is 1. The van der Waals surface area contributed by atoms with E-state index in [4.69, 9.17) is 15.3 Å². The molecule has 0 fully saturated rings. The predicted octanol–water partition coefficient (Wildman–Crippen LogP) is 4.09. The molecular formula is C24H31N7O3S. The zero-order chi connectivity index (χ0) is 25.4. The molecule has 0 saturated carbocycles. The number of aromatic nitrogens is 3. The molecule has 1 atom stereocenters. The smallest absolute Gasteiger partial charge is 0.264 e. The van der Waals surface area contributed by atoms with Gasteiger partial charge in [-0.3, -0.25) is 4.79 Å². The van der Waals surface area contributed by atoms with Gasteiger partial charge < -0.3 is 20.6 Å². The van der Waals surface area contributed by atoms with Gasteiger partial charge in [0.15, 0.2) is 11.5 Å². The van der Waals surface area contributed by atoms with Crippen LogP contribution in [0.4, 0.5) is 11.6 Å². The van der Waals surface area contributed by atoms with Crippen LogP contribution in [0.5, 0.6) is 11.5 Å². The summed E-state index contributed by atoms with van der Waals surface area (Å²) in [6, 6.07) is 13.4. The van der Waals surface area contributed by atoms with Crippen LogP contribution in [0.3, 0.4) is 0 Å². The molecule has 1 aromatic heterocycles. The number of hydrazone groups is 1. The number of hydrogen-bond donors (Lipinski definition) is 3. The van der Waals surface area contributed by atoms with E-state index in [-0.39, 0.29) is 17.6 Å². The second kappa shape index (κ2) is 12.1. The number of amides is 1. The molecule has 0 saturated heterocycles. The third-order valence-electron chi connectivity index (χ3n) is 5.50. The van der Waals surface area contributed by atoms with Crippen LogP contribution in [0.25, 0.3) is 0 Å². The predicted molar refractivity (Wildman–Crippen MR) is 140 cm³/mol. The summed E-state index contributed by atoms with van der Waals surface area (Å²) < 4.78 is 11.8. The van der Waals surface area contributed by atoms with Crippen molar-refractivity contribution in [3.05, 3.63) is 53.6 Å². The first-order valence-electron chi connectivity index (χ1n) is 11.1. The van der Waals surface area contributed by atoms with Gasteiger partial charge in [0.25, 0.3) is 5.95 Å². The lowest BCUT2D eigenvalue weighted by atomic mass is 9.99. The van der Waals surface area contributed by atoms with Crippen LogP contribution in [-0.2, 0) is 4.79 Å². The van der Waals surface area contributed by atoms with Crippen molar-refractivity contribution in [3.8, 4) is 11.5 Å². The second-order valence-corrected chi connectivity index (χ2v) is 8.77. The number of methoxy groups -OCH3 is 2. The van der Waals surface area contributed by atoms with Crippen molar-refractivity contribution in [1.82, 2.24) is 14.9 Å². The Bertz CT molecular complexity index is 1180. The van der Waals surface area contributed by atoms with E-state index in [1.165, 1.54) is 22.0 Å². The van der Waals surface area contributed by atoms with Crippen molar-refractivity contribution in [1.29, 1.82) is 0 Å². The first kappa shape index (κ1) is 25.9. The Morgan fingerprint density at radius 1 is 1.14 bits per heavy atom. The number of carbonyl (C=O) groups excluding carboxylic acids is 1. The topological polar surface area (TPSA) is 129 Å². The summed E-state index contributed by atoms with van der Waals surface area (Å²) in [6.07, 6.45) is 1.07. The lowest BCUT2D eigenvalue weighted by Gasteiger charge is -2.10. The van der Waals surface area contributed by atoms with Crippen LogP contribution >= 0.6 is 11.8 Å². The Kier molecular flexibility index (Phi) is 8.96. The summed E-state index contributed by atoms with van der Waals surface area (Å²) in [6.45, 7) is 6.17. The van der Waals surface area contributed by atoms with Gasteiger partial charge in [-0.1, -0.05) is 37.7 Å². The fourth-order valence-electron chi connectivity index (χ4n) is 3.17. The van der Waals surface area contributed by atoms with E-state index in [0.29, 0.717) is 28.3 Å². The molecule has 0 aliphatic rings. The molecular weight excluding hydrogens is 466 g/mol. The lowest BCUT2D eigenvalue weighted by molar-refractivity contribution is -0.113. The van der Waals surface area contributed by atoms with Crippen molar-refractivity contribution in [3.63, 3.8) is 0 Å². The monoisotopic (exact) mass is 497 g/mol. The summed E-state index contributed by atoms with van der Waals surface area (Å²) in [5.74, 6) is 8.02. The van der Waals surface area contributed by atoms with Crippen molar-refractivity contribution < 1.29 is 14.3 Å². The van der Waals surface area contributed by atoms with Crippen LogP contribution in [0, 0.1) is 0 Å². The van der Waals surface area contributed by atoms with Crippen molar-refractivity contribution in [2.75, 3.05) is 36.6 Å². The van der Waals surface area contributed by atoms with E-state index in [1.54, 1.807) is 20.3 Å². The highest BCUT2D eigenvalue weighted by molar-refractivity contribution is 7.99. The van der Waals surface area contributed by atoms with Gasteiger partial charge in [-0.05, 0) is 55.2 Å². The SMILES string of the molecule is CCC(C)c1ccc(NC(=O)CSc2nnc(N/N=C(\C)c3ccc(OC)c(OC)c3)n2N)cc1. The van der Waals surface area contributed by atoms with Gasteiger partial charge >= 0.3 is 0 Å². The fourth-order valence-corrected chi connectivity index (χ4v) is 3.83. The van der Waals surface area contributed by atoms with E-state index in [2.05, 4.69) is 39.9 Å². The molecule has 0 radical (unpaired) electrons. The maximum Gasteiger partial charge on any atom is 0.264 e. The number of anilines is 2. The highest BCUT2D eigenvalue weighted by Crippen LogP contribution is 2.28. The third kappa shape index (κ3) is 6.66. The molecule has 35 heavy (non-hydrogen) atoms. The molecule has 1 unspecified atom stereocenters. The summed E-state index contributed by atoms with van der Waals surface area (Å²) in [5.41, 5.74) is 6.33. The number of nitrogens with one attached hydrogen (secondary N) is 2. The zero-order valence-corrected chi connectivity index (χ0v) is 21.3. The molecule has 186 valence electrons. The van der Waals surface area contributed by atoms with Crippen LogP contribution < -0.4 is 26.1 Å². The molecule has 11 heteroatoms. The first-order chi connectivity index (χ1) is 16.9. The van der Waals surface area contributed by atoms with Gasteiger partial charge in [0.05, 0.1) is 25.7 Å². The molecule has 0 bridgehead atoms. The molecule has 10 nitrogen and oxygen atoms in total. The summed E-state index contributed by atoms with van der Waals surface area (Å²) in [7, 11) is 3.16. The largest absolute Gasteiger partial charge is 0.493 e. The Labute approximate surface area is 209 Å². The maximum atomic E-state index is 12.4. The molecule has 0 spiro atoms. The number of hydrogen-bond acceptors (Lipinski definition) is 9. The van der Waals surface area contributed by atoms with Gasteiger partial charge in [0.1, 0.15) is 0 Å². The summed E-state index contributed by atoms with van der Waals surface area (Å²) in [5, 5.41) is 15.6. The standard InChI is InChI=1S/C24H31N7O3S/c1-6-15(2)17-7-10-19(11-8-17)26-22(32)14-35-24-30-29-23(31(24)25)28-27-16(3)18-9-12-20(33-4)21(13-18)34-5/h7-13,15H,6,14,25H2,1-5H3,(H,26,32)(H,28,29)/b27-16+. The van der Waals surface area contributed by atoms with Gasteiger partial charge in [0, 0.05) is 11.3 Å². The zero-order valence-electron chi connectivity index (χ0n) is 20.5. The van der Waals surface area contributed by atoms with E-state index in [0.717, 1.165) is 17.7 Å². The summed E-state index contributed by atoms with van der Waals surface area (Å²) in [4.78, 5) is 12.4. The van der Waals surface area contributed by atoms with Crippen LogP contribution in [0.1, 0.15) is 44.2 Å². The van der Waals surface area contributed by atoms with E-state index in [9.17, 15) is 4.79 Å². The van der Waals surface area contributed by atoms with Crippen LogP contribution in [-0.4, -0.2) is 46.5 Å². The molecule has 1 amide bonds. The molecule has 0 aliphatic heterocycles. The van der Waals surface area contributed by atoms with E-state index >= 15 is 0 Å². The molecule has 1 heterocycles. The number of thioether (sulfide) groups is 1. The van der Waals surface area contributed by atoms with Gasteiger partial charge in [-0.25, -0.2) is 10.1 Å². The lowest BCUT2D eigenvalue weighted by Crippen LogP contribution is -2.17. The Balaban J connectivity index is 1.56. The van der Waals surface area contributed by atoms with Crippen LogP contribution in [0.15, 0.2) is 52.7 Å². The number of benzene rings is 2. The quantitative estimate of drug-likeness (QED) is 0.156. The van der Waals surface area contributed by atoms with Gasteiger partial charge in [0.2, 0.25) is 11.1 Å². The highest BCUT2D eigenvalue weighted by atomic mass is 32.2. The second-order valence-electron chi connectivity index (χ2n) is 7.82. The minimum Gasteiger partial charge on any atom is -0.493 e. The van der Waals surface area contributed by atoms with Crippen LogP contribution in [0.2, 0.25) is 0 Å². The van der Waals surface area contributed by atoms with Crippen molar-refractivity contribution in [2.45, 2.75) is 38.3 Å². The average Bonchev–Trinajstić information content (AvgIpc) is 3.24. The Morgan fingerprint density at radius 3 is 2.51 bits per heavy atom. The number of ether oxygens (including phenoxy) is 2. The first-order valence-corrected chi connectivity index (χ1v) is 12.1.